The van der Waals surface area contributed by atoms with Crippen LogP contribution in [0.15, 0.2) is 6.20 Å². The standard InChI is InChI=1S/C19H30N6O2/c1-15-14-22-19(21-9-5-13-25-11-3-7-17(25)27)23-18(15)20-8-4-12-24-10-2-6-16(24)26/h14H,2-13H2,1H3,(H2,20,21,22,23). The summed E-state index contributed by atoms with van der Waals surface area (Å²) in [6.07, 6.45) is 6.95. The molecule has 0 bridgehead atoms. The molecule has 2 aliphatic rings. The molecule has 2 aliphatic heterocycles. The van der Waals surface area contributed by atoms with Crippen LogP contribution in [0.4, 0.5) is 11.8 Å². The van der Waals surface area contributed by atoms with E-state index >= 15 is 0 Å². The molecule has 0 saturated carbocycles. The first-order valence-electron chi connectivity index (χ1n) is 10.0. The maximum absolute atomic E-state index is 11.6. The van der Waals surface area contributed by atoms with Crippen LogP contribution in [0.3, 0.4) is 0 Å². The van der Waals surface area contributed by atoms with Crippen molar-refractivity contribution in [2.45, 2.75) is 45.4 Å². The molecule has 2 N–H and O–H groups in total. The fraction of sp³-hybridized carbons (Fsp3) is 0.684. The van der Waals surface area contributed by atoms with Crippen molar-refractivity contribution in [2.75, 3.05) is 49.9 Å². The first-order chi connectivity index (χ1) is 13.1. The molecule has 1 aromatic rings. The van der Waals surface area contributed by atoms with Crippen LogP contribution < -0.4 is 10.6 Å². The maximum atomic E-state index is 11.6. The molecule has 0 radical (unpaired) electrons. The van der Waals surface area contributed by atoms with Crippen molar-refractivity contribution in [1.29, 1.82) is 0 Å². The summed E-state index contributed by atoms with van der Waals surface area (Å²) in [6.45, 7) is 6.87. The predicted octanol–water partition coefficient (Wildman–Crippen LogP) is 1.63. The summed E-state index contributed by atoms with van der Waals surface area (Å²) >= 11 is 0. The number of hydrogen-bond acceptors (Lipinski definition) is 6. The van der Waals surface area contributed by atoms with E-state index in [-0.39, 0.29) is 11.8 Å². The van der Waals surface area contributed by atoms with Gasteiger partial charge in [0.15, 0.2) is 0 Å². The lowest BCUT2D eigenvalue weighted by molar-refractivity contribution is -0.128. The third-order valence-corrected chi connectivity index (χ3v) is 5.10. The van der Waals surface area contributed by atoms with Gasteiger partial charge >= 0.3 is 0 Å². The second-order valence-corrected chi connectivity index (χ2v) is 7.25. The number of rotatable bonds is 10. The molecule has 0 atom stereocenters. The third kappa shape index (κ3) is 5.55. The van der Waals surface area contributed by atoms with E-state index in [4.69, 9.17) is 0 Å². The molecule has 3 heterocycles. The van der Waals surface area contributed by atoms with Gasteiger partial charge in [-0.3, -0.25) is 9.59 Å². The van der Waals surface area contributed by atoms with E-state index in [1.54, 1.807) is 0 Å². The van der Waals surface area contributed by atoms with Crippen LogP contribution in [-0.2, 0) is 9.59 Å². The summed E-state index contributed by atoms with van der Waals surface area (Å²) in [7, 11) is 0. The topological polar surface area (TPSA) is 90.5 Å². The summed E-state index contributed by atoms with van der Waals surface area (Å²) in [5.41, 5.74) is 1.00. The highest BCUT2D eigenvalue weighted by Crippen LogP contribution is 2.14. The van der Waals surface area contributed by atoms with Crippen molar-refractivity contribution in [3.8, 4) is 0 Å². The average molecular weight is 374 g/mol. The number of nitrogens with zero attached hydrogens (tertiary/aromatic N) is 4. The molecule has 0 aliphatic carbocycles. The Kier molecular flexibility index (Phi) is 6.84. The van der Waals surface area contributed by atoms with Gasteiger partial charge in [-0.1, -0.05) is 0 Å². The smallest absolute Gasteiger partial charge is 0.224 e. The van der Waals surface area contributed by atoms with Gasteiger partial charge in [-0.05, 0) is 32.6 Å². The van der Waals surface area contributed by atoms with Crippen LogP contribution in [0.5, 0.6) is 0 Å². The summed E-state index contributed by atoms with van der Waals surface area (Å²) in [5.74, 6) is 1.97. The zero-order chi connectivity index (χ0) is 19.1. The van der Waals surface area contributed by atoms with Crippen molar-refractivity contribution in [3.05, 3.63) is 11.8 Å². The number of aryl methyl sites for hydroxylation is 1. The van der Waals surface area contributed by atoms with Gasteiger partial charge in [0.2, 0.25) is 17.8 Å². The van der Waals surface area contributed by atoms with Gasteiger partial charge in [0.1, 0.15) is 5.82 Å². The van der Waals surface area contributed by atoms with Crippen LogP contribution in [0.1, 0.15) is 44.1 Å². The molecule has 2 amide bonds. The normalized spacial score (nSPS) is 17.1. The average Bonchev–Trinajstić information content (AvgIpc) is 3.26. The Morgan fingerprint density at radius 3 is 2.11 bits per heavy atom. The van der Waals surface area contributed by atoms with Crippen molar-refractivity contribution >= 4 is 23.6 Å². The molecular formula is C19H30N6O2. The highest BCUT2D eigenvalue weighted by atomic mass is 16.2. The van der Waals surface area contributed by atoms with E-state index in [1.807, 2.05) is 22.9 Å². The van der Waals surface area contributed by atoms with E-state index in [0.29, 0.717) is 18.8 Å². The first kappa shape index (κ1) is 19.4. The van der Waals surface area contributed by atoms with Gasteiger partial charge in [-0.2, -0.15) is 4.98 Å². The first-order valence-corrected chi connectivity index (χ1v) is 10.0. The number of amides is 2. The fourth-order valence-electron chi connectivity index (χ4n) is 3.53. The Labute approximate surface area is 160 Å². The van der Waals surface area contributed by atoms with E-state index in [0.717, 1.165) is 76.3 Å². The van der Waals surface area contributed by atoms with Crippen molar-refractivity contribution in [3.63, 3.8) is 0 Å². The molecular weight excluding hydrogens is 344 g/mol. The lowest BCUT2D eigenvalue weighted by atomic mass is 10.3. The monoisotopic (exact) mass is 374 g/mol. The van der Waals surface area contributed by atoms with Crippen LogP contribution in [0.2, 0.25) is 0 Å². The molecule has 8 nitrogen and oxygen atoms in total. The molecule has 2 fully saturated rings. The van der Waals surface area contributed by atoms with Gasteiger partial charge in [0.05, 0.1) is 0 Å². The van der Waals surface area contributed by atoms with Gasteiger partial charge in [0.25, 0.3) is 0 Å². The summed E-state index contributed by atoms with van der Waals surface area (Å²) in [4.78, 5) is 36.0. The van der Waals surface area contributed by atoms with Crippen molar-refractivity contribution < 1.29 is 9.59 Å². The summed E-state index contributed by atoms with van der Waals surface area (Å²) in [5, 5.41) is 6.59. The zero-order valence-electron chi connectivity index (χ0n) is 16.2. The molecule has 8 heteroatoms. The van der Waals surface area contributed by atoms with E-state index in [9.17, 15) is 9.59 Å². The van der Waals surface area contributed by atoms with E-state index < -0.39 is 0 Å². The largest absolute Gasteiger partial charge is 0.370 e. The Bertz CT molecular complexity index is 666. The number of likely N-dealkylation sites (tertiary alicyclic amines) is 2. The van der Waals surface area contributed by atoms with Crippen molar-refractivity contribution in [2.24, 2.45) is 0 Å². The lowest BCUT2D eigenvalue weighted by Gasteiger charge is -2.16. The quantitative estimate of drug-likeness (QED) is 0.605. The second kappa shape index (κ2) is 9.53. The minimum atomic E-state index is 0.267. The van der Waals surface area contributed by atoms with Crippen LogP contribution in [0, 0.1) is 6.92 Å². The van der Waals surface area contributed by atoms with Gasteiger partial charge in [-0.15, -0.1) is 0 Å². The van der Waals surface area contributed by atoms with Crippen LogP contribution in [0.25, 0.3) is 0 Å². The molecule has 27 heavy (non-hydrogen) atoms. The number of hydrogen-bond donors (Lipinski definition) is 2. The molecule has 1 aromatic heterocycles. The molecule has 0 unspecified atom stereocenters. The van der Waals surface area contributed by atoms with Crippen molar-refractivity contribution in [1.82, 2.24) is 19.8 Å². The Morgan fingerprint density at radius 1 is 0.963 bits per heavy atom. The summed E-state index contributed by atoms with van der Waals surface area (Å²) < 4.78 is 0. The number of carbonyl (C=O) groups excluding carboxylic acids is 2. The lowest BCUT2D eigenvalue weighted by Crippen LogP contribution is -2.27. The number of nitrogens with one attached hydrogen (secondary N) is 2. The number of carbonyl (C=O) groups is 2. The zero-order valence-corrected chi connectivity index (χ0v) is 16.2. The number of anilines is 2. The molecule has 0 spiro atoms. The van der Waals surface area contributed by atoms with E-state index in [2.05, 4.69) is 20.6 Å². The van der Waals surface area contributed by atoms with E-state index in [1.165, 1.54) is 0 Å². The molecule has 148 valence electrons. The predicted molar refractivity (Wildman–Crippen MR) is 105 cm³/mol. The Balaban J connectivity index is 1.37. The highest BCUT2D eigenvalue weighted by Gasteiger charge is 2.19. The molecule has 0 aromatic carbocycles. The minimum absolute atomic E-state index is 0.267. The van der Waals surface area contributed by atoms with Crippen LogP contribution in [-0.4, -0.2) is 70.9 Å². The Hall–Kier alpha value is -2.38. The number of aromatic nitrogens is 2. The van der Waals surface area contributed by atoms with Crippen LogP contribution >= 0.6 is 0 Å². The summed E-state index contributed by atoms with van der Waals surface area (Å²) in [6, 6.07) is 0. The SMILES string of the molecule is Cc1cnc(NCCCN2CCCC2=O)nc1NCCCN1CCCC1=O. The minimum Gasteiger partial charge on any atom is -0.370 e. The second-order valence-electron chi connectivity index (χ2n) is 7.25. The van der Waals surface area contributed by atoms with Gasteiger partial charge < -0.3 is 20.4 Å². The Morgan fingerprint density at radius 2 is 1.56 bits per heavy atom. The third-order valence-electron chi connectivity index (χ3n) is 5.10. The molecule has 3 rings (SSSR count). The van der Waals surface area contributed by atoms with Gasteiger partial charge in [-0.25, -0.2) is 4.98 Å². The van der Waals surface area contributed by atoms with Gasteiger partial charge in [0, 0.05) is 63.9 Å². The maximum Gasteiger partial charge on any atom is 0.224 e. The fourth-order valence-corrected chi connectivity index (χ4v) is 3.53. The molecule has 2 saturated heterocycles. The highest BCUT2D eigenvalue weighted by molar-refractivity contribution is 5.78.